The number of anilines is 1. The Morgan fingerprint density at radius 3 is 2.59 bits per heavy atom. The molecule has 0 N–H and O–H groups in total. The van der Waals surface area contributed by atoms with Gasteiger partial charge < -0.3 is 19.3 Å². The Hall–Kier alpha value is -1.91. The van der Waals surface area contributed by atoms with Crippen LogP contribution >= 0.6 is 0 Å². The number of nitrogens with zero attached hydrogens (tertiary/aromatic N) is 2. The molecule has 1 fully saturated rings. The molecule has 1 heterocycles. The van der Waals surface area contributed by atoms with E-state index in [4.69, 9.17) is 9.47 Å². The van der Waals surface area contributed by atoms with Crippen molar-refractivity contribution in [3.63, 3.8) is 0 Å². The van der Waals surface area contributed by atoms with Gasteiger partial charge in [0.05, 0.1) is 7.11 Å². The molecule has 1 amide bonds. The van der Waals surface area contributed by atoms with Crippen molar-refractivity contribution in [3.8, 4) is 5.75 Å². The number of hydrogen-bond donors (Lipinski definition) is 0. The zero-order valence-electron chi connectivity index (χ0n) is 14.0. The molecule has 0 aliphatic carbocycles. The van der Waals surface area contributed by atoms with Gasteiger partial charge in [0.1, 0.15) is 11.4 Å². The van der Waals surface area contributed by atoms with Crippen LogP contribution in [0.3, 0.4) is 0 Å². The average molecular weight is 306 g/mol. The van der Waals surface area contributed by atoms with Crippen LogP contribution in [-0.2, 0) is 4.74 Å². The van der Waals surface area contributed by atoms with Crippen LogP contribution in [0.1, 0.15) is 27.2 Å². The van der Waals surface area contributed by atoms with Gasteiger partial charge in [-0.2, -0.15) is 0 Å². The molecule has 1 aliphatic rings. The molecule has 22 heavy (non-hydrogen) atoms. The van der Waals surface area contributed by atoms with E-state index in [0.717, 1.165) is 37.5 Å². The first-order valence-corrected chi connectivity index (χ1v) is 7.76. The third-order valence-electron chi connectivity index (χ3n) is 3.57. The summed E-state index contributed by atoms with van der Waals surface area (Å²) in [7, 11) is 1.67. The SMILES string of the molecule is COc1cccc(N2CCCN(C(=O)OC(C)(C)C)CC2)c1. The van der Waals surface area contributed by atoms with E-state index in [-0.39, 0.29) is 6.09 Å². The Labute approximate surface area is 132 Å². The summed E-state index contributed by atoms with van der Waals surface area (Å²) in [4.78, 5) is 16.3. The van der Waals surface area contributed by atoms with Gasteiger partial charge in [-0.05, 0) is 39.3 Å². The second-order valence-corrected chi connectivity index (χ2v) is 6.51. The van der Waals surface area contributed by atoms with Crippen LogP contribution in [0, 0.1) is 0 Å². The van der Waals surface area contributed by atoms with E-state index >= 15 is 0 Å². The highest BCUT2D eigenvalue weighted by Gasteiger charge is 2.24. The topological polar surface area (TPSA) is 42.0 Å². The molecule has 5 nitrogen and oxygen atoms in total. The van der Waals surface area contributed by atoms with Crippen molar-refractivity contribution >= 4 is 11.8 Å². The minimum absolute atomic E-state index is 0.222. The summed E-state index contributed by atoms with van der Waals surface area (Å²) in [6.45, 7) is 8.81. The summed E-state index contributed by atoms with van der Waals surface area (Å²) in [6, 6.07) is 8.04. The van der Waals surface area contributed by atoms with E-state index in [1.807, 2.05) is 39.0 Å². The minimum Gasteiger partial charge on any atom is -0.497 e. The van der Waals surface area contributed by atoms with E-state index in [0.29, 0.717) is 6.54 Å². The Balaban J connectivity index is 1.98. The predicted molar refractivity (Wildman–Crippen MR) is 87.6 cm³/mol. The van der Waals surface area contributed by atoms with Gasteiger partial charge in [-0.15, -0.1) is 0 Å². The molecular weight excluding hydrogens is 280 g/mol. The molecule has 1 aliphatic heterocycles. The second-order valence-electron chi connectivity index (χ2n) is 6.51. The monoisotopic (exact) mass is 306 g/mol. The smallest absolute Gasteiger partial charge is 0.410 e. The standard InChI is InChI=1S/C17H26N2O3/c1-17(2,3)22-16(20)19-10-6-9-18(11-12-19)14-7-5-8-15(13-14)21-4/h5,7-8,13H,6,9-12H2,1-4H3. The number of hydrogen-bond acceptors (Lipinski definition) is 4. The molecule has 0 atom stereocenters. The highest BCUT2D eigenvalue weighted by atomic mass is 16.6. The molecule has 0 aromatic heterocycles. The minimum atomic E-state index is -0.449. The van der Waals surface area contributed by atoms with Gasteiger partial charge in [-0.3, -0.25) is 0 Å². The fourth-order valence-electron chi connectivity index (χ4n) is 2.49. The molecule has 0 spiro atoms. The van der Waals surface area contributed by atoms with E-state index in [2.05, 4.69) is 11.0 Å². The van der Waals surface area contributed by atoms with Crippen molar-refractivity contribution in [3.05, 3.63) is 24.3 Å². The Bertz CT molecular complexity index is 511. The van der Waals surface area contributed by atoms with Gasteiger partial charge in [0.2, 0.25) is 0 Å². The Morgan fingerprint density at radius 1 is 1.14 bits per heavy atom. The van der Waals surface area contributed by atoms with Gasteiger partial charge in [-0.25, -0.2) is 4.79 Å². The number of benzene rings is 1. The number of methoxy groups -OCH3 is 1. The molecule has 1 aromatic carbocycles. The van der Waals surface area contributed by atoms with E-state index in [1.54, 1.807) is 12.0 Å². The van der Waals surface area contributed by atoms with Crippen molar-refractivity contribution in [1.82, 2.24) is 4.90 Å². The lowest BCUT2D eigenvalue weighted by atomic mass is 10.2. The average Bonchev–Trinajstić information content (AvgIpc) is 2.71. The van der Waals surface area contributed by atoms with Crippen LogP contribution in [-0.4, -0.2) is 49.9 Å². The first-order valence-electron chi connectivity index (χ1n) is 7.76. The summed E-state index contributed by atoms with van der Waals surface area (Å²) < 4.78 is 10.7. The highest BCUT2D eigenvalue weighted by molar-refractivity contribution is 5.68. The van der Waals surface area contributed by atoms with E-state index < -0.39 is 5.60 Å². The third-order valence-corrected chi connectivity index (χ3v) is 3.57. The Morgan fingerprint density at radius 2 is 1.91 bits per heavy atom. The van der Waals surface area contributed by atoms with Gasteiger partial charge >= 0.3 is 6.09 Å². The van der Waals surface area contributed by atoms with E-state index in [9.17, 15) is 4.79 Å². The lowest BCUT2D eigenvalue weighted by Crippen LogP contribution is -2.39. The van der Waals surface area contributed by atoms with Gasteiger partial charge in [0.15, 0.2) is 0 Å². The number of carbonyl (C=O) groups is 1. The number of carbonyl (C=O) groups excluding carboxylic acids is 1. The second kappa shape index (κ2) is 6.90. The normalized spacial score (nSPS) is 16.2. The summed E-state index contributed by atoms with van der Waals surface area (Å²) in [6.07, 6.45) is 0.705. The van der Waals surface area contributed by atoms with Gasteiger partial charge in [0, 0.05) is 37.9 Å². The summed E-state index contributed by atoms with van der Waals surface area (Å²) in [5, 5.41) is 0. The van der Waals surface area contributed by atoms with Crippen molar-refractivity contribution in [2.24, 2.45) is 0 Å². The maximum atomic E-state index is 12.2. The maximum absolute atomic E-state index is 12.2. The van der Waals surface area contributed by atoms with Crippen LogP contribution in [0.25, 0.3) is 0 Å². The number of rotatable bonds is 2. The largest absolute Gasteiger partial charge is 0.497 e. The van der Waals surface area contributed by atoms with Crippen LogP contribution < -0.4 is 9.64 Å². The molecule has 1 aromatic rings. The first-order chi connectivity index (χ1) is 10.4. The van der Waals surface area contributed by atoms with Gasteiger partial charge in [-0.1, -0.05) is 6.07 Å². The van der Waals surface area contributed by atoms with Crippen LogP contribution in [0.2, 0.25) is 0 Å². The highest BCUT2D eigenvalue weighted by Crippen LogP contribution is 2.22. The molecule has 5 heteroatoms. The Kier molecular flexibility index (Phi) is 5.16. The lowest BCUT2D eigenvalue weighted by Gasteiger charge is -2.27. The van der Waals surface area contributed by atoms with Crippen LogP contribution in [0.5, 0.6) is 5.75 Å². The molecular formula is C17H26N2O3. The number of ether oxygens (including phenoxy) is 2. The summed E-state index contributed by atoms with van der Waals surface area (Å²) in [5.41, 5.74) is 0.681. The lowest BCUT2D eigenvalue weighted by molar-refractivity contribution is 0.0263. The fraction of sp³-hybridized carbons (Fsp3) is 0.588. The zero-order valence-corrected chi connectivity index (χ0v) is 14.0. The van der Waals surface area contributed by atoms with Crippen LogP contribution in [0.15, 0.2) is 24.3 Å². The predicted octanol–water partition coefficient (Wildman–Crippen LogP) is 3.14. The third kappa shape index (κ3) is 4.55. The molecule has 1 saturated heterocycles. The van der Waals surface area contributed by atoms with E-state index in [1.165, 1.54) is 0 Å². The zero-order chi connectivity index (χ0) is 16.2. The first kappa shape index (κ1) is 16.5. The fourth-order valence-corrected chi connectivity index (χ4v) is 2.49. The molecule has 0 unspecified atom stereocenters. The molecule has 0 radical (unpaired) electrons. The summed E-state index contributed by atoms with van der Waals surface area (Å²) >= 11 is 0. The van der Waals surface area contributed by atoms with Crippen molar-refractivity contribution < 1.29 is 14.3 Å². The quantitative estimate of drug-likeness (QED) is 0.842. The molecule has 0 saturated carbocycles. The van der Waals surface area contributed by atoms with Crippen molar-refractivity contribution in [1.29, 1.82) is 0 Å². The maximum Gasteiger partial charge on any atom is 0.410 e. The van der Waals surface area contributed by atoms with Crippen molar-refractivity contribution in [2.45, 2.75) is 32.8 Å². The summed E-state index contributed by atoms with van der Waals surface area (Å²) in [5.74, 6) is 0.853. The van der Waals surface area contributed by atoms with Crippen LogP contribution in [0.4, 0.5) is 10.5 Å². The molecule has 2 rings (SSSR count). The molecule has 122 valence electrons. The van der Waals surface area contributed by atoms with Crippen molar-refractivity contribution in [2.75, 3.05) is 38.2 Å². The number of amides is 1. The van der Waals surface area contributed by atoms with Gasteiger partial charge in [0.25, 0.3) is 0 Å². The molecule has 0 bridgehead atoms.